The first kappa shape index (κ1) is 44.8. The van der Waals surface area contributed by atoms with Crippen LogP contribution >= 0.6 is 11.6 Å². The number of Topliss-reactive ketones (excluding diaryl/α,β-unsaturated/α-hetero) is 2. The predicted octanol–water partition coefficient (Wildman–Crippen LogP) is 7.89. The van der Waals surface area contributed by atoms with Gasteiger partial charge >= 0.3 is 0 Å². The lowest BCUT2D eigenvalue weighted by Crippen LogP contribution is -2.40. The molecule has 1 aromatic heterocycles. The van der Waals surface area contributed by atoms with Crippen molar-refractivity contribution >= 4 is 52.4 Å². The van der Waals surface area contributed by atoms with Crippen LogP contribution in [0.25, 0.3) is 11.6 Å². The fraction of sp³-hybridized carbons (Fsp3) is 0.440. The molecule has 2 amide bonds. The van der Waals surface area contributed by atoms with Crippen molar-refractivity contribution in [2.24, 2.45) is 35.3 Å². The number of carbonyl (C=O) groups excluding carboxylic acids is 5. The topological polar surface area (TPSA) is 185 Å². The predicted molar refractivity (Wildman–Crippen MR) is 239 cm³/mol. The summed E-state index contributed by atoms with van der Waals surface area (Å²) in [6, 6.07) is 13.3. The first-order chi connectivity index (χ1) is 30.8. The zero-order valence-electron chi connectivity index (χ0n) is 35.9. The van der Waals surface area contributed by atoms with Gasteiger partial charge in [-0.1, -0.05) is 23.8 Å². The Hall–Kier alpha value is -5.84. The zero-order chi connectivity index (χ0) is 45.1. The normalized spacial score (nSPS) is 24.7. The molecule has 5 aliphatic rings. The molecule has 3 unspecified atom stereocenters. The summed E-state index contributed by atoms with van der Waals surface area (Å²) in [5, 5.41) is 21.0. The number of carbonyl (C=O) groups is 5. The Labute approximate surface area is 377 Å². The molecule has 0 radical (unpaired) electrons. The molecular formula is C50H52ClFN6O6. The minimum absolute atomic E-state index is 0.0101. The quantitative estimate of drug-likeness (QED) is 0.152. The fourth-order valence-corrected chi connectivity index (χ4v) is 10.3. The zero-order valence-corrected chi connectivity index (χ0v) is 36.6. The number of halogens is 2. The molecule has 2 aromatic carbocycles. The summed E-state index contributed by atoms with van der Waals surface area (Å²) in [6.07, 6.45) is 14.5. The number of fused-ring (bicyclic) bond motifs is 2. The molecule has 1 saturated heterocycles. The number of ketones is 3. The summed E-state index contributed by atoms with van der Waals surface area (Å²) >= 11 is 6.14. The van der Waals surface area contributed by atoms with E-state index in [-0.39, 0.29) is 65.5 Å². The van der Waals surface area contributed by atoms with E-state index in [4.69, 9.17) is 27.3 Å². The molecule has 3 N–H and O–H groups in total. The van der Waals surface area contributed by atoms with Gasteiger partial charge in [0.15, 0.2) is 17.3 Å². The number of likely N-dealkylation sites (tertiary alicyclic amines) is 1. The molecule has 8 rings (SSSR count). The van der Waals surface area contributed by atoms with Crippen LogP contribution in [0.15, 0.2) is 66.3 Å². The molecule has 0 spiro atoms. The van der Waals surface area contributed by atoms with Gasteiger partial charge in [-0.2, -0.15) is 10.4 Å². The lowest BCUT2D eigenvalue weighted by molar-refractivity contribution is -0.122. The second kappa shape index (κ2) is 19.5. The van der Waals surface area contributed by atoms with Crippen LogP contribution in [-0.2, 0) is 9.59 Å². The van der Waals surface area contributed by atoms with Crippen LogP contribution in [0.5, 0.6) is 5.75 Å². The molecule has 1 aliphatic heterocycles. The highest BCUT2D eigenvalue weighted by Crippen LogP contribution is 2.43. The number of allylic oxidation sites excluding steroid dienone is 5. The third kappa shape index (κ3) is 10.4. The minimum atomic E-state index is -0.768. The highest BCUT2D eigenvalue weighted by molar-refractivity contribution is 6.31. The highest BCUT2D eigenvalue weighted by Gasteiger charge is 2.39. The third-order valence-corrected chi connectivity index (χ3v) is 14.0. The Morgan fingerprint density at radius 3 is 2.52 bits per heavy atom. The van der Waals surface area contributed by atoms with E-state index in [1.807, 2.05) is 18.2 Å². The third-order valence-electron chi connectivity index (χ3n) is 13.7. The number of nitrogens with zero attached hydrogens (tertiary/aromatic N) is 4. The molecule has 64 heavy (non-hydrogen) atoms. The maximum atomic E-state index is 15.6. The van der Waals surface area contributed by atoms with Crippen molar-refractivity contribution in [3.8, 4) is 11.8 Å². The number of nitrogens with one attached hydrogen (secondary N) is 1. The van der Waals surface area contributed by atoms with Crippen molar-refractivity contribution < 1.29 is 33.1 Å². The second-order valence-corrected chi connectivity index (χ2v) is 18.7. The highest BCUT2D eigenvalue weighted by atomic mass is 35.5. The van der Waals surface area contributed by atoms with Crippen LogP contribution in [0.2, 0.25) is 5.02 Å². The Balaban J connectivity index is 0.766. The van der Waals surface area contributed by atoms with E-state index in [1.54, 1.807) is 24.3 Å². The van der Waals surface area contributed by atoms with Crippen LogP contribution < -0.4 is 15.8 Å². The van der Waals surface area contributed by atoms with Crippen LogP contribution in [-0.4, -0.2) is 76.0 Å². The maximum absolute atomic E-state index is 15.6. The summed E-state index contributed by atoms with van der Waals surface area (Å²) in [6.45, 7) is 4.34. The molecule has 2 saturated carbocycles. The Bertz CT molecular complexity index is 2480. The molecular weight excluding hydrogens is 835 g/mol. The van der Waals surface area contributed by atoms with Gasteiger partial charge in [0.25, 0.3) is 5.91 Å². The molecule has 3 atom stereocenters. The van der Waals surface area contributed by atoms with Gasteiger partial charge in [0, 0.05) is 66.3 Å². The average Bonchev–Trinajstić information content (AvgIpc) is 3.67. The van der Waals surface area contributed by atoms with Crippen molar-refractivity contribution in [2.45, 2.75) is 89.7 Å². The molecule has 3 fully saturated rings. The smallest absolute Gasteiger partial charge is 0.272 e. The molecule has 12 nitrogen and oxygen atoms in total. The van der Waals surface area contributed by atoms with Crippen molar-refractivity contribution in [3.63, 3.8) is 0 Å². The van der Waals surface area contributed by atoms with Crippen molar-refractivity contribution in [1.82, 2.24) is 20.4 Å². The maximum Gasteiger partial charge on any atom is 0.272 e. The number of ether oxygens (including phenoxy) is 1. The van der Waals surface area contributed by atoms with Gasteiger partial charge in [0.1, 0.15) is 23.4 Å². The van der Waals surface area contributed by atoms with E-state index in [9.17, 15) is 24.0 Å². The Morgan fingerprint density at radius 1 is 1.03 bits per heavy atom. The summed E-state index contributed by atoms with van der Waals surface area (Å²) in [5.41, 5.74) is 8.45. The van der Waals surface area contributed by atoms with Gasteiger partial charge in [-0.25, -0.2) is 4.39 Å². The fourth-order valence-electron chi connectivity index (χ4n) is 10.1. The van der Waals surface area contributed by atoms with Crippen molar-refractivity contribution in [3.05, 3.63) is 111 Å². The summed E-state index contributed by atoms with van der Waals surface area (Å²) in [7, 11) is 0. The van der Waals surface area contributed by atoms with Crippen molar-refractivity contribution in [1.29, 1.82) is 5.26 Å². The van der Waals surface area contributed by atoms with E-state index in [2.05, 4.69) is 32.6 Å². The van der Waals surface area contributed by atoms with E-state index >= 15 is 4.39 Å². The second-order valence-electron chi connectivity index (χ2n) is 18.3. The lowest BCUT2D eigenvalue weighted by Gasteiger charge is -2.36. The number of rotatable bonds is 15. The van der Waals surface area contributed by atoms with Crippen LogP contribution in [0, 0.1) is 46.7 Å². The molecule has 332 valence electrons. The molecule has 4 aliphatic carbocycles. The van der Waals surface area contributed by atoms with E-state index < -0.39 is 29.2 Å². The van der Waals surface area contributed by atoms with Gasteiger partial charge in [-0.3, -0.25) is 19.2 Å². The number of benzene rings is 2. The van der Waals surface area contributed by atoms with Crippen LogP contribution in [0.3, 0.4) is 0 Å². The number of nitriles is 1. The molecule has 0 bridgehead atoms. The Morgan fingerprint density at radius 2 is 1.81 bits per heavy atom. The monoisotopic (exact) mass is 886 g/mol. The minimum Gasteiger partial charge on any atom is -0.490 e. The first-order valence-corrected chi connectivity index (χ1v) is 22.7. The first-order valence-electron chi connectivity index (χ1n) is 22.3. The van der Waals surface area contributed by atoms with Gasteiger partial charge in [0.2, 0.25) is 5.91 Å². The number of amides is 2. The number of hydrogen-bond donors (Lipinski definition) is 2. The number of aromatic nitrogens is 2. The summed E-state index contributed by atoms with van der Waals surface area (Å²) in [4.78, 5) is 65.8. The largest absolute Gasteiger partial charge is 0.490 e. The Kier molecular flexibility index (Phi) is 13.6. The molecule has 14 heteroatoms. The van der Waals surface area contributed by atoms with Gasteiger partial charge in [0.05, 0.1) is 22.4 Å². The summed E-state index contributed by atoms with van der Waals surface area (Å²) < 4.78 is 21.7. The van der Waals surface area contributed by atoms with Gasteiger partial charge in [-0.15, -0.1) is 5.10 Å². The van der Waals surface area contributed by atoms with Crippen molar-refractivity contribution in [2.75, 3.05) is 19.6 Å². The van der Waals surface area contributed by atoms with E-state index in [1.165, 1.54) is 25.1 Å². The van der Waals surface area contributed by atoms with Crippen LogP contribution in [0.4, 0.5) is 4.39 Å². The van der Waals surface area contributed by atoms with Gasteiger partial charge < -0.3 is 25.5 Å². The number of primary amides is 1. The SMILES string of the molecule is CC(=O)CCC(CC1=CC(=O)c2cc(F)c(C3=CCC4CN(CC5CC(/C=C/c6ccc(C(=O)N[C@H]7CC[C@H](Oc8ccc(C#N)c(Cl)c8)CC7)nn6)C5)CC4C3)cc2C1=O)C(N)=O. The van der Waals surface area contributed by atoms with Crippen LogP contribution in [0.1, 0.15) is 126 Å². The molecule has 2 heterocycles. The standard InChI is InChI=1S/C50H52ClFN6O6/c1-28(59)2-4-32(49(54)62)19-35-20-47(60)42-23-45(52)41(22-43(42)48(35)61)31-5-6-34-26-58(27-36(34)18-31)25-30-16-29(17-30)3-8-38-11-15-46(57-56-38)50(63)55-37-9-13-39(14-10-37)64-40-12-7-33(24-53)44(51)21-40/h3,5,7-8,11-12,15,20-23,29-30,32,34,36-37,39H,2,4,6,9-10,13-14,16-19,25-27H2,1H3,(H2,54,62)(H,55,63)/b8-3+/t29?,30?,32?,34?,36?,37-,39-. The summed E-state index contributed by atoms with van der Waals surface area (Å²) in [5.74, 6) is -0.700. The molecule has 3 aromatic rings. The number of hydrogen-bond acceptors (Lipinski definition) is 10. The lowest BCUT2D eigenvalue weighted by atomic mass is 9.74. The van der Waals surface area contributed by atoms with E-state index in [0.717, 1.165) is 70.2 Å². The van der Waals surface area contributed by atoms with Gasteiger partial charge in [-0.05, 0) is 149 Å². The average molecular weight is 887 g/mol. The van der Waals surface area contributed by atoms with E-state index in [0.29, 0.717) is 57.7 Å². The number of nitrogens with two attached hydrogens (primary N) is 1.